The predicted octanol–water partition coefficient (Wildman–Crippen LogP) is 1.42. The molecule has 0 amide bonds. The topological polar surface area (TPSA) is 96.0 Å². The van der Waals surface area contributed by atoms with E-state index in [1.165, 1.54) is 0 Å². The first kappa shape index (κ1) is 20.1. The van der Waals surface area contributed by atoms with E-state index in [-0.39, 0.29) is 26.2 Å². The molecule has 0 atom stereocenters. The largest absolute Gasteiger partial charge is 0.466 e. The molecule has 0 unspecified atom stereocenters. The van der Waals surface area contributed by atoms with Gasteiger partial charge in [-0.2, -0.15) is 0 Å². The molecule has 0 aromatic carbocycles. The summed E-state index contributed by atoms with van der Waals surface area (Å²) >= 11 is 0. The summed E-state index contributed by atoms with van der Waals surface area (Å²) in [6.07, 6.45) is -0.388. The van der Waals surface area contributed by atoms with Crippen LogP contribution in [-0.4, -0.2) is 43.5 Å². The molecule has 0 N–H and O–H groups in total. The summed E-state index contributed by atoms with van der Waals surface area (Å²) in [5, 5.41) is 0. The van der Waals surface area contributed by atoms with Crippen molar-refractivity contribution in [2.24, 2.45) is 5.41 Å². The van der Waals surface area contributed by atoms with Crippen molar-refractivity contribution in [1.82, 2.24) is 0 Å². The van der Waals surface area contributed by atoms with Gasteiger partial charge in [0.1, 0.15) is 6.42 Å². The number of esters is 3. The van der Waals surface area contributed by atoms with E-state index in [1.54, 1.807) is 27.7 Å². The Balaban J connectivity index is 5.60. The van der Waals surface area contributed by atoms with Crippen LogP contribution in [0.4, 0.5) is 0 Å². The summed E-state index contributed by atoms with van der Waals surface area (Å²) in [5.74, 6) is -3.61. The molecule has 0 spiro atoms. The summed E-state index contributed by atoms with van der Waals surface area (Å²) in [6.45, 7) is 6.56. The fourth-order valence-electron chi connectivity index (χ4n) is 2.03. The lowest BCUT2D eigenvalue weighted by Crippen LogP contribution is -2.49. The molecule has 126 valence electrons. The van der Waals surface area contributed by atoms with Crippen molar-refractivity contribution in [3.8, 4) is 0 Å². The molecule has 0 saturated carbocycles. The lowest BCUT2D eigenvalue weighted by molar-refractivity contribution is -0.175. The molecule has 0 bridgehead atoms. The first-order chi connectivity index (χ1) is 10.4. The molecule has 0 aliphatic carbocycles. The Morgan fingerprint density at radius 1 is 0.773 bits per heavy atom. The lowest BCUT2D eigenvalue weighted by atomic mass is 9.77. The average molecular weight is 316 g/mol. The highest BCUT2D eigenvalue weighted by Gasteiger charge is 2.54. The number of Topliss-reactive ketones (excluding diaryl/α,β-unsaturated/α-hetero) is 1. The van der Waals surface area contributed by atoms with Crippen LogP contribution in [0.5, 0.6) is 0 Å². The normalized spacial score (nSPS) is 10.7. The minimum absolute atomic E-state index is 0.0103. The summed E-state index contributed by atoms with van der Waals surface area (Å²) < 4.78 is 14.5. The van der Waals surface area contributed by atoms with Crippen LogP contribution in [0.2, 0.25) is 0 Å². The molecule has 0 fully saturated rings. The summed E-state index contributed by atoms with van der Waals surface area (Å²) in [7, 11) is 0. The molecule has 7 heteroatoms. The quantitative estimate of drug-likeness (QED) is 0.341. The van der Waals surface area contributed by atoms with Gasteiger partial charge in [-0.15, -0.1) is 0 Å². The smallest absolute Gasteiger partial charge is 0.331 e. The number of hydrogen-bond acceptors (Lipinski definition) is 7. The SMILES string of the molecule is CCCC(C(=O)CC(=O)OCC)(C(=O)OCC)C(=O)OCC. The van der Waals surface area contributed by atoms with Gasteiger partial charge in [-0.3, -0.25) is 19.2 Å². The van der Waals surface area contributed by atoms with Gasteiger partial charge in [0.15, 0.2) is 5.78 Å². The number of ketones is 1. The average Bonchev–Trinajstić information content (AvgIpc) is 2.45. The van der Waals surface area contributed by atoms with Crippen LogP contribution in [0.1, 0.15) is 47.0 Å². The van der Waals surface area contributed by atoms with Gasteiger partial charge in [0, 0.05) is 0 Å². The van der Waals surface area contributed by atoms with E-state index in [1.807, 2.05) is 0 Å². The summed E-state index contributed by atoms with van der Waals surface area (Å²) in [4.78, 5) is 48.5. The van der Waals surface area contributed by atoms with Crippen LogP contribution in [0.25, 0.3) is 0 Å². The molecule has 0 aliphatic heterocycles. The third kappa shape index (κ3) is 4.82. The second kappa shape index (κ2) is 9.92. The van der Waals surface area contributed by atoms with Gasteiger partial charge in [0.25, 0.3) is 0 Å². The molecular weight excluding hydrogens is 292 g/mol. The lowest BCUT2D eigenvalue weighted by Gasteiger charge is -2.27. The highest BCUT2D eigenvalue weighted by Crippen LogP contribution is 2.31. The Kier molecular flexibility index (Phi) is 9.05. The van der Waals surface area contributed by atoms with E-state index in [0.29, 0.717) is 6.42 Å². The monoisotopic (exact) mass is 316 g/mol. The first-order valence-electron chi connectivity index (χ1n) is 7.43. The van der Waals surface area contributed by atoms with Crippen molar-refractivity contribution in [3.05, 3.63) is 0 Å². The molecule has 0 rings (SSSR count). The van der Waals surface area contributed by atoms with Crippen LogP contribution in [-0.2, 0) is 33.4 Å². The highest BCUT2D eigenvalue weighted by atomic mass is 16.6. The van der Waals surface area contributed by atoms with E-state index in [0.717, 1.165) is 0 Å². The van der Waals surface area contributed by atoms with Gasteiger partial charge in [-0.1, -0.05) is 13.3 Å². The molecule has 0 heterocycles. The maximum atomic E-state index is 12.5. The number of hydrogen-bond donors (Lipinski definition) is 0. The van der Waals surface area contributed by atoms with E-state index in [9.17, 15) is 19.2 Å². The van der Waals surface area contributed by atoms with Crippen LogP contribution in [0.3, 0.4) is 0 Å². The zero-order valence-electron chi connectivity index (χ0n) is 13.6. The molecule has 0 aliphatic rings. The minimum Gasteiger partial charge on any atom is -0.466 e. The Labute approximate surface area is 130 Å². The Morgan fingerprint density at radius 2 is 1.23 bits per heavy atom. The van der Waals surface area contributed by atoms with E-state index in [2.05, 4.69) is 0 Å². The van der Waals surface area contributed by atoms with Gasteiger partial charge >= 0.3 is 17.9 Å². The van der Waals surface area contributed by atoms with Crippen molar-refractivity contribution in [1.29, 1.82) is 0 Å². The molecule has 7 nitrogen and oxygen atoms in total. The van der Waals surface area contributed by atoms with Crippen molar-refractivity contribution < 1.29 is 33.4 Å². The third-order valence-corrected chi connectivity index (χ3v) is 2.96. The van der Waals surface area contributed by atoms with Gasteiger partial charge in [0.05, 0.1) is 19.8 Å². The molecule has 0 radical (unpaired) electrons. The van der Waals surface area contributed by atoms with Crippen molar-refractivity contribution in [3.63, 3.8) is 0 Å². The Hall–Kier alpha value is -1.92. The molecule has 0 aromatic heterocycles. The number of carbonyl (C=O) groups is 4. The van der Waals surface area contributed by atoms with E-state index < -0.39 is 35.5 Å². The van der Waals surface area contributed by atoms with Crippen molar-refractivity contribution in [2.45, 2.75) is 47.0 Å². The third-order valence-electron chi connectivity index (χ3n) is 2.96. The standard InChI is InChI=1S/C15H24O7/c1-5-9-15(13(18)21-7-3,14(19)22-8-4)11(16)10-12(17)20-6-2/h5-10H2,1-4H3. The zero-order valence-corrected chi connectivity index (χ0v) is 13.6. The Morgan fingerprint density at radius 3 is 1.59 bits per heavy atom. The molecule has 0 aromatic rings. The maximum Gasteiger partial charge on any atom is 0.331 e. The Bertz CT molecular complexity index is 396. The van der Waals surface area contributed by atoms with Crippen LogP contribution < -0.4 is 0 Å². The van der Waals surface area contributed by atoms with Crippen LogP contribution in [0.15, 0.2) is 0 Å². The zero-order chi connectivity index (χ0) is 17.2. The predicted molar refractivity (Wildman–Crippen MR) is 76.9 cm³/mol. The second-order valence-corrected chi connectivity index (χ2v) is 4.50. The summed E-state index contributed by atoms with van der Waals surface area (Å²) in [6, 6.07) is 0. The van der Waals surface area contributed by atoms with Crippen LogP contribution >= 0.6 is 0 Å². The van der Waals surface area contributed by atoms with Gasteiger partial charge in [0.2, 0.25) is 5.41 Å². The fraction of sp³-hybridized carbons (Fsp3) is 0.733. The van der Waals surface area contributed by atoms with Gasteiger partial charge < -0.3 is 14.2 Å². The molecule has 22 heavy (non-hydrogen) atoms. The maximum absolute atomic E-state index is 12.5. The van der Waals surface area contributed by atoms with E-state index in [4.69, 9.17) is 14.2 Å². The number of ether oxygens (including phenoxy) is 3. The van der Waals surface area contributed by atoms with Crippen LogP contribution in [0, 0.1) is 5.41 Å². The summed E-state index contributed by atoms with van der Waals surface area (Å²) in [5.41, 5.74) is -2.10. The highest BCUT2D eigenvalue weighted by molar-refractivity contribution is 6.22. The molecular formula is C15H24O7. The molecule has 0 saturated heterocycles. The van der Waals surface area contributed by atoms with Gasteiger partial charge in [-0.05, 0) is 27.2 Å². The van der Waals surface area contributed by atoms with Crippen molar-refractivity contribution >= 4 is 23.7 Å². The number of carbonyl (C=O) groups excluding carboxylic acids is 4. The van der Waals surface area contributed by atoms with Crippen molar-refractivity contribution in [2.75, 3.05) is 19.8 Å². The first-order valence-corrected chi connectivity index (χ1v) is 7.43. The van der Waals surface area contributed by atoms with E-state index >= 15 is 0 Å². The second-order valence-electron chi connectivity index (χ2n) is 4.50. The van der Waals surface area contributed by atoms with Gasteiger partial charge in [-0.25, -0.2) is 0 Å². The minimum atomic E-state index is -2.10. The fourth-order valence-corrected chi connectivity index (χ4v) is 2.03. The number of rotatable bonds is 10.